The Morgan fingerprint density at radius 3 is 3.00 bits per heavy atom. The Morgan fingerprint density at radius 2 is 2.31 bits per heavy atom. The van der Waals surface area contributed by atoms with Crippen LogP contribution in [0.3, 0.4) is 0 Å². The highest BCUT2D eigenvalue weighted by Crippen LogP contribution is 2.05. The molecule has 0 saturated heterocycles. The first-order chi connectivity index (χ1) is 7.74. The summed E-state index contributed by atoms with van der Waals surface area (Å²) in [6.07, 6.45) is 4.68. The molecule has 0 fully saturated rings. The SMILES string of the molecule is CCCCOC=CC(=O)c1cccc(F)c1. The molecular formula is C13H15FO2. The predicted molar refractivity (Wildman–Crippen MR) is 60.7 cm³/mol. The van der Waals surface area contributed by atoms with Crippen molar-refractivity contribution >= 4 is 5.78 Å². The van der Waals surface area contributed by atoms with Gasteiger partial charge in [-0.15, -0.1) is 0 Å². The molecule has 1 aromatic carbocycles. The lowest BCUT2D eigenvalue weighted by Gasteiger charge is -1.98. The number of ketones is 1. The minimum atomic E-state index is -0.411. The lowest BCUT2D eigenvalue weighted by atomic mass is 10.1. The number of carbonyl (C=O) groups is 1. The normalized spacial score (nSPS) is 10.6. The highest BCUT2D eigenvalue weighted by atomic mass is 19.1. The number of halogens is 1. The Labute approximate surface area is 94.7 Å². The molecule has 1 rings (SSSR count). The second kappa shape index (κ2) is 6.77. The molecule has 0 aliphatic heterocycles. The molecule has 16 heavy (non-hydrogen) atoms. The van der Waals surface area contributed by atoms with E-state index in [9.17, 15) is 9.18 Å². The number of ether oxygens (including phenoxy) is 1. The monoisotopic (exact) mass is 222 g/mol. The summed E-state index contributed by atoms with van der Waals surface area (Å²) in [6.45, 7) is 2.66. The molecule has 0 atom stereocenters. The zero-order valence-corrected chi connectivity index (χ0v) is 9.28. The molecule has 2 nitrogen and oxygen atoms in total. The molecule has 86 valence electrons. The first kappa shape index (κ1) is 12.4. The van der Waals surface area contributed by atoms with Gasteiger partial charge in [-0.1, -0.05) is 25.5 Å². The van der Waals surface area contributed by atoms with Crippen LogP contribution in [0.15, 0.2) is 36.6 Å². The third-order valence-electron chi connectivity index (χ3n) is 2.04. The van der Waals surface area contributed by atoms with Gasteiger partial charge >= 0.3 is 0 Å². The van der Waals surface area contributed by atoms with Gasteiger partial charge in [0, 0.05) is 11.6 Å². The topological polar surface area (TPSA) is 26.3 Å². The summed E-state index contributed by atoms with van der Waals surface area (Å²) in [5.41, 5.74) is 0.329. The summed E-state index contributed by atoms with van der Waals surface area (Å²) in [4.78, 5) is 11.5. The van der Waals surface area contributed by atoms with Crippen molar-refractivity contribution in [2.24, 2.45) is 0 Å². The van der Waals surface area contributed by atoms with Crippen molar-refractivity contribution in [2.75, 3.05) is 6.61 Å². The van der Waals surface area contributed by atoms with Crippen molar-refractivity contribution in [3.63, 3.8) is 0 Å². The minimum absolute atomic E-state index is 0.254. The Morgan fingerprint density at radius 1 is 1.50 bits per heavy atom. The minimum Gasteiger partial charge on any atom is -0.501 e. The van der Waals surface area contributed by atoms with Crippen molar-refractivity contribution in [1.29, 1.82) is 0 Å². The predicted octanol–water partition coefficient (Wildman–Crippen LogP) is 3.34. The van der Waals surface area contributed by atoms with Gasteiger partial charge in [-0.3, -0.25) is 4.79 Å². The van der Waals surface area contributed by atoms with Crippen LogP contribution in [-0.4, -0.2) is 12.4 Å². The van der Waals surface area contributed by atoms with Gasteiger partial charge < -0.3 is 4.74 Å². The molecule has 0 aromatic heterocycles. The maximum atomic E-state index is 12.8. The second-order valence-electron chi connectivity index (χ2n) is 3.40. The van der Waals surface area contributed by atoms with E-state index in [1.165, 1.54) is 30.5 Å². The van der Waals surface area contributed by atoms with Crippen molar-refractivity contribution < 1.29 is 13.9 Å². The Kier molecular flexibility index (Phi) is 5.26. The number of benzene rings is 1. The number of unbranched alkanes of at least 4 members (excludes halogenated alkanes) is 1. The van der Waals surface area contributed by atoms with Gasteiger partial charge in [0.1, 0.15) is 5.82 Å². The average Bonchev–Trinajstić information content (AvgIpc) is 2.28. The van der Waals surface area contributed by atoms with Crippen molar-refractivity contribution in [3.05, 3.63) is 48.0 Å². The van der Waals surface area contributed by atoms with E-state index in [2.05, 4.69) is 6.92 Å². The van der Waals surface area contributed by atoms with Crippen LogP contribution in [0.5, 0.6) is 0 Å². The molecule has 0 N–H and O–H groups in total. The van der Waals surface area contributed by atoms with E-state index in [0.717, 1.165) is 12.8 Å². The fourth-order valence-electron chi connectivity index (χ4n) is 1.14. The smallest absolute Gasteiger partial charge is 0.188 e. The summed E-state index contributed by atoms with van der Waals surface area (Å²) in [6, 6.07) is 5.59. The first-order valence-electron chi connectivity index (χ1n) is 5.32. The molecule has 0 bridgehead atoms. The van der Waals surface area contributed by atoms with Crippen LogP contribution in [0.25, 0.3) is 0 Å². The van der Waals surface area contributed by atoms with Crippen LogP contribution in [0.1, 0.15) is 30.1 Å². The number of hydrogen-bond donors (Lipinski definition) is 0. The quantitative estimate of drug-likeness (QED) is 0.319. The van der Waals surface area contributed by atoms with Gasteiger partial charge in [0.05, 0.1) is 12.9 Å². The van der Waals surface area contributed by atoms with Gasteiger partial charge in [0.25, 0.3) is 0 Å². The van der Waals surface area contributed by atoms with Crippen LogP contribution in [0.2, 0.25) is 0 Å². The molecule has 0 aliphatic carbocycles. The van der Waals surface area contributed by atoms with Crippen LogP contribution < -0.4 is 0 Å². The van der Waals surface area contributed by atoms with Gasteiger partial charge in [-0.25, -0.2) is 4.39 Å². The molecular weight excluding hydrogens is 207 g/mol. The molecule has 0 radical (unpaired) electrons. The Balaban J connectivity index is 2.46. The molecule has 1 aromatic rings. The number of allylic oxidation sites excluding steroid dienone is 1. The summed E-state index contributed by atoms with van der Waals surface area (Å²) < 4.78 is 17.9. The molecule has 0 unspecified atom stereocenters. The van der Waals surface area contributed by atoms with E-state index in [1.807, 2.05) is 0 Å². The van der Waals surface area contributed by atoms with E-state index in [4.69, 9.17) is 4.74 Å². The van der Waals surface area contributed by atoms with Crippen LogP contribution in [0, 0.1) is 5.82 Å². The largest absolute Gasteiger partial charge is 0.501 e. The second-order valence-corrected chi connectivity index (χ2v) is 3.40. The fraction of sp³-hybridized carbons (Fsp3) is 0.308. The number of rotatable bonds is 6. The summed E-state index contributed by atoms with van der Waals surface area (Å²) in [5.74, 6) is -0.665. The summed E-state index contributed by atoms with van der Waals surface area (Å²) in [5, 5.41) is 0. The standard InChI is InChI=1S/C13H15FO2/c1-2-3-8-16-9-7-13(15)11-5-4-6-12(14)10-11/h4-7,9-10H,2-3,8H2,1H3. The zero-order chi connectivity index (χ0) is 11.8. The molecule has 0 amide bonds. The molecule has 0 aliphatic rings. The molecule has 3 heteroatoms. The van der Waals surface area contributed by atoms with E-state index in [-0.39, 0.29) is 5.78 Å². The lowest BCUT2D eigenvalue weighted by molar-refractivity contribution is 0.104. The maximum absolute atomic E-state index is 12.8. The zero-order valence-electron chi connectivity index (χ0n) is 9.28. The number of hydrogen-bond acceptors (Lipinski definition) is 2. The number of carbonyl (C=O) groups excluding carboxylic acids is 1. The maximum Gasteiger partial charge on any atom is 0.188 e. The summed E-state index contributed by atoms with van der Waals surface area (Å²) >= 11 is 0. The first-order valence-corrected chi connectivity index (χ1v) is 5.32. The van der Waals surface area contributed by atoms with Gasteiger partial charge in [-0.2, -0.15) is 0 Å². The van der Waals surface area contributed by atoms with Gasteiger partial charge in [-0.05, 0) is 18.6 Å². The summed E-state index contributed by atoms with van der Waals surface area (Å²) in [7, 11) is 0. The van der Waals surface area contributed by atoms with Crippen molar-refractivity contribution in [1.82, 2.24) is 0 Å². The van der Waals surface area contributed by atoms with Crippen LogP contribution in [0.4, 0.5) is 4.39 Å². The lowest BCUT2D eigenvalue weighted by Crippen LogP contribution is -1.95. The van der Waals surface area contributed by atoms with Gasteiger partial charge in [0.15, 0.2) is 5.78 Å². The van der Waals surface area contributed by atoms with Crippen LogP contribution >= 0.6 is 0 Å². The van der Waals surface area contributed by atoms with E-state index in [0.29, 0.717) is 12.2 Å². The highest BCUT2D eigenvalue weighted by Gasteiger charge is 2.02. The third-order valence-corrected chi connectivity index (χ3v) is 2.04. The van der Waals surface area contributed by atoms with E-state index >= 15 is 0 Å². The van der Waals surface area contributed by atoms with Crippen LogP contribution in [-0.2, 0) is 4.74 Å². The Bertz CT molecular complexity index is 372. The molecule has 0 heterocycles. The van der Waals surface area contributed by atoms with Gasteiger partial charge in [0.2, 0.25) is 0 Å². The molecule has 0 saturated carbocycles. The van der Waals surface area contributed by atoms with Crippen molar-refractivity contribution in [2.45, 2.75) is 19.8 Å². The van der Waals surface area contributed by atoms with Crippen molar-refractivity contribution in [3.8, 4) is 0 Å². The van der Waals surface area contributed by atoms with E-state index < -0.39 is 5.82 Å². The van der Waals surface area contributed by atoms with E-state index in [1.54, 1.807) is 6.07 Å². The third kappa shape index (κ3) is 4.26. The fourth-order valence-corrected chi connectivity index (χ4v) is 1.14. The Hall–Kier alpha value is -1.64. The average molecular weight is 222 g/mol. The highest BCUT2D eigenvalue weighted by molar-refractivity contribution is 6.04. The molecule has 0 spiro atoms.